The highest BCUT2D eigenvalue weighted by Gasteiger charge is 2.56. The predicted molar refractivity (Wildman–Crippen MR) is 99.6 cm³/mol. The van der Waals surface area contributed by atoms with E-state index in [9.17, 15) is 0 Å². The summed E-state index contributed by atoms with van der Waals surface area (Å²) in [5.74, 6) is 0. The standard InChI is InChI=1S/C16H36O6Si2/c1-7-13-14-15-16-23(17-8-2,18-9-3)22-24(19-10-4,20-11-5)21-12-6/h7H,1,8-16H2,2-6H3. The van der Waals surface area contributed by atoms with Crippen LogP contribution in [0.15, 0.2) is 12.7 Å². The molecule has 0 rings (SSSR count). The molecule has 0 aromatic rings. The Hall–Kier alpha value is -0.0662. The maximum atomic E-state index is 6.35. The summed E-state index contributed by atoms with van der Waals surface area (Å²) in [5, 5.41) is 0. The molecule has 0 saturated heterocycles. The van der Waals surface area contributed by atoms with Crippen LogP contribution >= 0.6 is 0 Å². The number of allylic oxidation sites excluding steroid dienone is 1. The van der Waals surface area contributed by atoms with Crippen molar-refractivity contribution in [3.63, 3.8) is 0 Å². The molecule has 0 radical (unpaired) electrons. The highest BCUT2D eigenvalue weighted by Crippen LogP contribution is 2.26. The molecule has 0 N–H and O–H groups in total. The van der Waals surface area contributed by atoms with Gasteiger partial charge in [-0.25, -0.2) is 0 Å². The van der Waals surface area contributed by atoms with Crippen LogP contribution in [0.3, 0.4) is 0 Å². The molecule has 0 aromatic carbocycles. The van der Waals surface area contributed by atoms with Gasteiger partial charge < -0.3 is 26.2 Å². The molecule has 0 unspecified atom stereocenters. The van der Waals surface area contributed by atoms with Crippen LogP contribution in [0.5, 0.6) is 0 Å². The van der Waals surface area contributed by atoms with E-state index in [1.54, 1.807) is 0 Å². The van der Waals surface area contributed by atoms with Crippen molar-refractivity contribution in [3.05, 3.63) is 12.7 Å². The lowest BCUT2D eigenvalue weighted by atomic mass is 10.2. The van der Waals surface area contributed by atoms with Gasteiger partial charge in [0.25, 0.3) is 0 Å². The van der Waals surface area contributed by atoms with Crippen molar-refractivity contribution in [2.45, 2.75) is 59.9 Å². The van der Waals surface area contributed by atoms with Crippen LogP contribution in [0.25, 0.3) is 0 Å². The van der Waals surface area contributed by atoms with Crippen LogP contribution in [0.1, 0.15) is 53.9 Å². The van der Waals surface area contributed by atoms with Crippen LogP contribution in [-0.2, 0) is 26.2 Å². The van der Waals surface area contributed by atoms with Gasteiger partial charge in [-0.3, -0.25) is 0 Å². The fourth-order valence-corrected chi connectivity index (χ4v) is 8.66. The third-order valence-electron chi connectivity index (χ3n) is 3.11. The first kappa shape index (κ1) is 23.9. The van der Waals surface area contributed by atoms with Crippen molar-refractivity contribution < 1.29 is 26.2 Å². The maximum absolute atomic E-state index is 6.35. The zero-order valence-corrected chi connectivity index (χ0v) is 18.1. The SMILES string of the molecule is C=CCCCC[Si](OCC)(OCC)O[Si](OCC)(OCC)OCC. The predicted octanol–water partition coefficient (Wildman–Crippen LogP) is 3.92. The molecule has 0 saturated carbocycles. The Kier molecular flexibility index (Phi) is 14.1. The van der Waals surface area contributed by atoms with E-state index in [4.69, 9.17) is 26.2 Å². The van der Waals surface area contributed by atoms with E-state index in [2.05, 4.69) is 6.58 Å². The third-order valence-corrected chi connectivity index (χ3v) is 9.71. The van der Waals surface area contributed by atoms with Gasteiger partial charge in [-0.1, -0.05) is 6.08 Å². The van der Waals surface area contributed by atoms with E-state index in [0.717, 1.165) is 19.3 Å². The number of hydrogen-bond donors (Lipinski definition) is 0. The Morgan fingerprint density at radius 2 is 1.17 bits per heavy atom. The molecule has 24 heavy (non-hydrogen) atoms. The van der Waals surface area contributed by atoms with Crippen LogP contribution in [0.2, 0.25) is 6.04 Å². The summed E-state index contributed by atoms with van der Waals surface area (Å²) in [7, 11) is -6.22. The largest absolute Gasteiger partial charge is 0.672 e. The van der Waals surface area contributed by atoms with E-state index in [1.165, 1.54) is 0 Å². The number of unbranched alkanes of at least 4 members (excludes halogenated alkanes) is 2. The Labute approximate surface area is 150 Å². The van der Waals surface area contributed by atoms with Crippen LogP contribution in [0.4, 0.5) is 0 Å². The molecule has 0 bridgehead atoms. The van der Waals surface area contributed by atoms with Crippen molar-refractivity contribution in [2.24, 2.45) is 0 Å². The summed E-state index contributed by atoms with van der Waals surface area (Å²) in [6.07, 6.45) is 4.85. The minimum absolute atomic E-state index is 0.450. The highest BCUT2D eigenvalue weighted by molar-refractivity contribution is 6.72. The minimum atomic E-state index is -3.28. The summed E-state index contributed by atoms with van der Waals surface area (Å²) in [5.41, 5.74) is 0. The lowest BCUT2D eigenvalue weighted by Gasteiger charge is -2.36. The molecular weight excluding hydrogens is 344 g/mol. The maximum Gasteiger partial charge on any atom is 0.672 e. The minimum Gasteiger partial charge on any atom is -0.374 e. The Morgan fingerprint density at radius 3 is 1.54 bits per heavy atom. The number of hydrogen-bond acceptors (Lipinski definition) is 6. The zero-order chi connectivity index (χ0) is 18.3. The first-order valence-corrected chi connectivity index (χ1v) is 12.6. The topological polar surface area (TPSA) is 55.4 Å². The molecule has 144 valence electrons. The van der Waals surface area contributed by atoms with Gasteiger partial charge in [0.15, 0.2) is 0 Å². The highest BCUT2D eigenvalue weighted by atomic mass is 28.5. The molecule has 0 amide bonds. The van der Waals surface area contributed by atoms with Crippen molar-refractivity contribution >= 4 is 17.9 Å². The summed E-state index contributed by atoms with van der Waals surface area (Å²) in [6.45, 7) is 15.7. The summed E-state index contributed by atoms with van der Waals surface area (Å²) >= 11 is 0. The second kappa shape index (κ2) is 14.1. The second-order valence-electron chi connectivity index (χ2n) is 4.98. The van der Waals surface area contributed by atoms with E-state index < -0.39 is 17.9 Å². The summed E-state index contributed by atoms with van der Waals surface area (Å²) in [4.78, 5) is 0. The van der Waals surface area contributed by atoms with Gasteiger partial charge in [-0.05, 0) is 53.9 Å². The van der Waals surface area contributed by atoms with Gasteiger partial charge in [0, 0.05) is 39.1 Å². The van der Waals surface area contributed by atoms with E-state index in [1.807, 2.05) is 40.7 Å². The quantitative estimate of drug-likeness (QED) is 0.217. The molecule has 0 aliphatic heterocycles. The molecule has 0 heterocycles. The fraction of sp³-hybridized carbons (Fsp3) is 0.875. The molecular formula is C16H36O6Si2. The normalized spacial score (nSPS) is 12.5. The average Bonchev–Trinajstić information content (AvgIpc) is 2.53. The Bertz CT molecular complexity index is 294. The fourth-order valence-electron chi connectivity index (χ4n) is 2.30. The van der Waals surface area contributed by atoms with Crippen LogP contribution < -0.4 is 0 Å². The Morgan fingerprint density at radius 1 is 0.708 bits per heavy atom. The molecule has 0 aliphatic carbocycles. The monoisotopic (exact) mass is 380 g/mol. The van der Waals surface area contributed by atoms with Crippen LogP contribution in [-0.4, -0.2) is 50.9 Å². The summed E-state index contributed by atoms with van der Waals surface area (Å²) < 4.78 is 35.8. The third kappa shape index (κ3) is 8.86. The second-order valence-corrected chi connectivity index (χ2v) is 10.1. The van der Waals surface area contributed by atoms with Gasteiger partial charge in [-0.2, -0.15) is 0 Å². The Balaban J connectivity index is 5.32. The smallest absolute Gasteiger partial charge is 0.374 e. The molecule has 0 spiro atoms. The van der Waals surface area contributed by atoms with Gasteiger partial charge in [0.1, 0.15) is 0 Å². The van der Waals surface area contributed by atoms with Gasteiger partial charge >= 0.3 is 17.9 Å². The first-order valence-electron chi connectivity index (χ1n) is 9.08. The molecule has 8 heteroatoms. The average molecular weight is 381 g/mol. The summed E-state index contributed by atoms with van der Waals surface area (Å²) in [6, 6.07) is 0.713. The van der Waals surface area contributed by atoms with E-state index in [-0.39, 0.29) is 0 Å². The van der Waals surface area contributed by atoms with Gasteiger partial charge in [0.05, 0.1) is 0 Å². The van der Waals surface area contributed by atoms with E-state index >= 15 is 0 Å². The molecule has 6 nitrogen and oxygen atoms in total. The van der Waals surface area contributed by atoms with E-state index in [0.29, 0.717) is 39.1 Å². The number of rotatable bonds is 17. The molecule has 0 atom stereocenters. The van der Waals surface area contributed by atoms with Crippen molar-refractivity contribution in [2.75, 3.05) is 33.0 Å². The van der Waals surface area contributed by atoms with Crippen LogP contribution in [0, 0.1) is 0 Å². The lowest BCUT2D eigenvalue weighted by Crippen LogP contribution is -2.60. The van der Waals surface area contributed by atoms with Gasteiger partial charge in [0.2, 0.25) is 0 Å². The van der Waals surface area contributed by atoms with Crippen molar-refractivity contribution in [3.8, 4) is 0 Å². The first-order chi connectivity index (χ1) is 11.6. The van der Waals surface area contributed by atoms with Crippen molar-refractivity contribution in [1.29, 1.82) is 0 Å². The molecule has 0 aromatic heterocycles. The zero-order valence-electron chi connectivity index (χ0n) is 16.1. The van der Waals surface area contributed by atoms with Crippen molar-refractivity contribution in [1.82, 2.24) is 0 Å². The van der Waals surface area contributed by atoms with Gasteiger partial charge in [-0.15, -0.1) is 6.58 Å². The molecule has 0 fully saturated rings. The molecule has 0 aliphatic rings. The lowest BCUT2D eigenvalue weighted by molar-refractivity contribution is -0.0224.